The van der Waals surface area contributed by atoms with E-state index < -0.39 is 0 Å². The summed E-state index contributed by atoms with van der Waals surface area (Å²) in [6, 6.07) is 17.8. The van der Waals surface area contributed by atoms with Crippen molar-refractivity contribution >= 4 is 12.0 Å². The van der Waals surface area contributed by atoms with Gasteiger partial charge >= 0.3 is 5.97 Å². The maximum absolute atomic E-state index is 11.1. The molecule has 0 aliphatic carbocycles. The number of hydrogen-bond acceptors (Lipinski definition) is 2. The van der Waals surface area contributed by atoms with Crippen molar-refractivity contribution < 1.29 is 9.53 Å². The van der Waals surface area contributed by atoms with E-state index >= 15 is 0 Å². The number of para-hydroxylation sites is 1. The molecule has 0 amide bonds. The van der Waals surface area contributed by atoms with Gasteiger partial charge in [-0.15, -0.1) is 0 Å². The summed E-state index contributed by atoms with van der Waals surface area (Å²) in [5.74, 6) is 0.597. The molecule has 0 heterocycles. The van der Waals surface area contributed by atoms with Gasteiger partial charge in [0.05, 0.1) is 0 Å². The lowest BCUT2D eigenvalue weighted by Crippen LogP contribution is -2.02. The molecule has 0 aliphatic heterocycles. The summed E-state index contributed by atoms with van der Waals surface area (Å²) >= 11 is 0. The van der Waals surface area contributed by atoms with E-state index in [2.05, 4.69) is 25.1 Å². The molecule has 2 heteroatoms. The van der Waals surface area contributed by atoms with Crippen LogP contribution in [0.2, 0.25) is 0 Å². The molecule has 1 unspecified atom stereocenters. The molecule has 2 rings (SSSR count). The lowest BCUT2D eigenvalue weighted by molar-refractivity contribution is -0.131. The van der Waals surface area contributed by atoms with Crippen LogP contribution in [0.25, 0.3) is 6.08 Å². The Balaban J connectivity index is 2.17. The Bertz CT molecular complexity index is 600. The lowest BCUT2D eigenvalue weighted by Gasteiger charge is -2.08. The molecular weight excluding hydrogens is 248 g/mol. The van der Waals surface area contributed by atoms with Gasteiger partial charge in [0.2, 0.25) is 0 Å². The highest BCUT2D eigenvalue weighted by Gasteiger charge is 2.04. The van der Waals surface area contributed by atoms with E-state index in [-0.39, 0.29) is 5.97 Å². The summed E-state index contributed by atoms with van der Waals surface area (Å²) in [5.41, 5.74) is 2.17. The Morgan fingerprint density at radius 2 is 1.70 bits per heavy atom. The van der Waals surface area contributed by atoms with Gasteiger partial charge in [0.1, 0.15) is 5.75 Å². The molecule has 0 spiro atoms. The molecular formula is C18H18O2. The number of ether oxygens (including phenoxy) is 1. The van der Waals surface area contributed by atoms with Gasteiger partial charge < -0.3 is 4.74 Å². The maximum Gasteiger partial charge on any atom is 0.308 e. The summed E-state index contributed by atoms with van der Waals surface area (Å²) in [4.78, 5) is 11.1. The number of carbonyl (C=O) groups excluding carboxylic acids is 1. The van der Waals surface area contributed by atoms with E-state index in [1.807, 2.05) is 42.5 Å². The first-order valence-corrected chi connectivity index (χ1v) is 6.67. The molecule has 2 aromatic rings. The van der Waals surface area contributed by atoms with Crippen LogP contribution >= 0.6 is 0 Å². The van der Waals surface area contributed by atoms with E-state index in [9.17, 15) is 4.79 Å². The quantitative estimate of drug-likeness (QED) is 0.604. The number of benzene rings is 2. The second-order valence-electron chi connectivity index (χ2n) is 4.69. The van der Waals surface area contributed by atoms with Gasteiger partial charge in [0.15, 0.2) is 0 Å². The van der Waals surface area contributed by atoms with Crippen molar-refractivity contribution in [3.8, 4) is 5.75 Å². The number of allylic oxidation sites excluding steroid dienone is 1. The van der Waals surface area contributed by atoms with Crippen molar-refractivity contribution in [1.82, 2.24) is 0 Å². The van der Waals surface area contributed by atoms with E-state index in [1.165, 1.54) is 12.5 Å². The van der Waals surface area contributed by atoms with E-state index in [0.717, 1.165) is 5.56 Å². The standard InChI is InChI=1S/C18H18O2/c1-14(16-8-4-3-5-9-16)12-13-17-10-6-7-11-18(17)20-15(2)19/h3-14H,1-2H3. The Morgan fingerprint density at radius 1 is 1.05 bits per heavy atom. The van der Waals surface area contributed by atoms with Gasteiger partial charge in [-0.3, -0.25) is 4.79 Å². The number of rotatable bonds is 4. The highest BCUT2D eigenvalue weighted by Crippen LogP contribution is 2.23. The van der Waals surface area contributed by atoms with Crippen molar-refractivity contribution in [3.63, 3.8) is 0 Å². The summed E-state index contributed by atoms with van der Waals surface area (Å²) in [6.07, 6.45) is 4.10. The van der Waals surface area contributed by atoms with Crippen molar-refractivity contribution in [3.05, 3.63) is 71.8 Å². The smallest absolute Gasteiger partial charge is 0.308 e. The number of esters is 1. The number of carbonyl (C=O) groups is 1. The fourth-order valence-electron chi connectivity index (χ4n) is 1.98. The van der Waals surface area contributed by atoms with Gasteiger partial charge in [-0.2, -0.15) is 0 Å². The zero-order valence-corrected chi connectivity index (χ0v) is 11.7. The summed E-state index contributed by atoms with van der Waals surface area (Å²) in [5, 5.41) is 0. The van der Waals surface area contributed by atoms with Crippen molar-refractivity contribution in [2.24, 2.45) is 0 Å². The van der Waals surface area contributed by atoms with Crippen molar-refractivity contribution in [2.45, 2.75) is 19.8 Å². The van der Waals surface area contributed by atoms with Gasteiger partial charge in [-0.1, -0.05) is 67.6 Å². The summed E-state index contributed by atoms with van der Waals surface area (Å²) < 4.78 is 5.19. The lowest BCUT2D eigenvalue weighted by atomic mass is 10.00. The van der Waals surface area contributed by atoms with Crippen LogP contribution in [-0.4, -0.2) is 5.97 Å². The molecule has 102 valence electrons. The van der Waals surface area contributed by atoms with Crippen molar-refractivity contribution in [2.75, 3.05) is 0 Å². The van der Waals surface area contributed by atoms with Crippen molar-refractivity contribution in [1.29, 1.82) is 0 Å². The summed E-state index contributed by atoms with van der Waals surface area (Å²) in [6.45, 7) is 3.55. The van der Waals surface area contributed by atoms with Crippen LogP contribution in [0.15, 0.2) is 60.7 Å². The molecule has 0 radical (unpaired) electrons. The highest BCUT2D eigenvalue weighted by atomic mass is 16.5. The first-order valence-electron chi connectivity index (χ1n) is 6.67. The Hall–Kier alpha value is -2.35. The maximum atomic E-state index is 11.1. The third kappa shape index (κ3) is 3.82. The topological polar surface area (TPSA) is 26.3 Å². The fourth-order valence-corrected chi connectivity index (χ4v) is 1.98. The average Bonchev–Trinajstić information content (AvgIpc) is 2.46. The predicted octanol–water partition coefficient (Wildman–Crippen LogP) is 4.43. The molecule has 2 nitrogen and oxygen atoms in total. The second kappa shape index (κ2) is 6.71. The van der Waals surface area contributed by atoms with E-state index in [1.54, 1.807) is 6.07 Å². The van der Waals surface area contributed by atoms with Crippen LogP contribution in [0.3, 0.4) is 0 Å². The first kappa shape index (κ1) is 14.1. The number of hydrogen-bond donors (Lipinski definition) is 0. The van der Waals surface area contributed by atoms with Crippen LogP contribution in [-0.2, 0) is 4.79 Å². The Labute approximate surface area is 119 Å². The third-order valence-electron chi connectivity index (χ3n) is 3.06. The monoisotopic (exact) mass is 266 g/mol. The van der Waals surface area contributed by atoms with Crippen LogP contribution in [0.1, 0.15) is 30.9 Å². The molecule has 2 aromatic carbocycles. The van der Waals surface area contributed by atoms with Crippen LogP contribution in [0.4, 0.5) is 0 Å². The Kier molecular flexibility index (Phi) is 4.72. The molecule has 0 aliphatic rings. The highest BCUT2D eigenvalue weighted by molar-refractivity contribution is 5.71. The normalized spacial score (nSPS) is 12.3. The van der Waals surface area contributed by atoms with E-state index in [0.29, 0.717) is 11.7 Å². The molecule has 0 N–H and O–H groups in total. The van der Waals surface area contributed by atoms with Gasteiger partial charge in [0, 0.05) is 12.5 Å². The molecule has 0 saturated carbocycles. The zero-order chi connectivity index (χ0) is 14.4. The van der Waals surface area contributed by atoms with Crippen LogP contribution in [0, 0.1) is 0 Å². The minimum Gasteiger partial charge on any atom is -0.426 e. The van der Waals surface area contributed by atoms with Gasteiger partial charge in [-0.05, 0) is 17.5 Å². The van der Waals surface area contributed by atoms with Gasteiger partial charge in [-0.25, -0.2) is 0 Å². The summed E-state index contributed by atoms with van der Waals surface area (Å²) in [7, 11) is 0. The molecule has 0 saturated heterocycles. The third-order valence-corrected chi connectivity index (χ3v) is 3.06. The molecule has 0 bridgehead atoms. The molecule has 20 heavy (non-hydrogen) atoms. The Morgan fingerprint density at radius 3 is 2.40 bits per heavy atom. The van der Waals surface area contributed by atoms with Crippen LogP contribution < -0.4 is 4.74 Å². The molecule has 0 fully saturated rings. The van der Waals surface area contributed by atoms with E-state index in [4.69, 9.17) is 4.74 Å². The minimum atomic E-state index is -0.304. The van der Waals surface area contributed by atoms with Gasteiger partial charge in [0.25, 0.3) is 0 Å². The average molecular weight is 266 g/mol. The SMILES string of the molecule is CC(=O)Oc1ccccc1C=CC(C)c1ccccc1. The fraction of sp³-hybridized carbons (Fsp3) is 0.167. The second-order valence-corrected chi connectivity index (χ2v) is 4.69. The zero-order valence-electron chi connectivity index (χ0n) is 11.7. The largest absolute Gasteiger partial charge is 0.426 e. The molecule has 1 atom stereocenters. The first-order chi connectivity index (χ1) is 9.66. The van der Waals surface area contributed by atoms with Crippen LogP contribution in [0.5, 0.6) is 5.75 Å². The minimum absolute atomic E-state index is 0.304. The molecule has 0 aromatic heterocycles. The predicted molar refractivity (Wildman–Crippen MR) is 81.6 cm³/mol.